The van der Waals surface area contributed by atoms with Gasteiger partial charge in [-0.3, -0.25) is 4.68 Å². The average molecular weight is 169 g/mol. The first-order valence-electron chi connectivity index (χ1n) is 3.69. The van der Waals surface area contributed by atoms with Crippen molar-refractivity contribution < 1.29 is 9.90 Å². The van der Waals surface area contributed by atoms with E-state index in [4.69, 9.17) is 10.8 Å². The molecule has 5 heteroatoms. The fourth-order valence-corrected chi connectivity index (χ4v) is 0.998. The summed E-state index contributed by atoms with van der Waals surface area (Å²) in [6, 6.07) is 1.49. The normalized spacial score (nSPS) is 10.2. The second kappa shape index (κ2) is 3.36. The second-order valence-electron chi connectivity index (χ2n) is 2.35. The van der Waals surface area contributed by atoms with Gasteiger partial charge in [-0.25, -0.2) is 4.79 Å². The van der Waals surface area contributed by atoms with Crippen LogP contribution < -0.4 is 5.73 Å². The van der Waals surface area contributed by atoms with E-state index in [0.29, 0.717) is 13.1 Å². The summed E-state index contributed by atoms with van der Waals surface area (Å²) in [4.78, 5) is 10.5. The molecule has 0 saturated carbocycles. The summed E-state index contributed by atoms with van der Waals surface area (Å²) in [6.07, 6.45) is 0. The SMILES string of the molecule is CCn1nc(C(=O)O)cc1CN. The molecule has 66 valence electrons. The highest BCUT2D eigenvalue weighted by molar-refractivity contribution is 5.85. The third-order valence-corrected chi connectivity index (χ3v) is 1.59. The minimum Gasteiger partial charge on any atom is -0.476 e. The van der Waals surface area contributed by atoms with Crippen LogP contribution in [-0.4, -0.2) is 20.9 Å². The number of hydrogen-bond acceptors (Lipinski definition) is 3. The molecule has 1 heterocycles. The van der Waals surface area contributed by atoms with Crippen LogP contribution in [0.4, 0.5) is 0 Å². The van der Waals surface area contributed by atoms with Crippen molar-refractivity contribution in [2.75, 3.05) is 0 Å². The lowest BCUT2D eigenvalue weighted by atomic mass is 10.3. The van der Waals surface area contributed by atoms with E-state index in [1.54, 1.807) is 4.68 Å². The van der Waals surface area contributed by atoms with Gasteiger partial charge in [-0.05, 0) is 13.0 Å². The largest absolute Gasteiger partial charge is 0.476 e. The Kier molecular flexibility index (Phi) is 2.44. The first kappa shape index (κ1) is 8.73. The van der Waals surface area contributed by atoms with Crippen molar-refractivity contribution in [3.05, 3.63) is 17.5 Å². The lowest BCUT2D eigenvalue weighted by Gasteiger charge is -1.98. The summed E-state index contributed by atoms with van der Waals surface area (Å²) in [6.45, 7) is 2.84. The predicted octanol–water partition coefficient (Wildman–Crippen LogP) is 0.0599. The fraction of sp³-hybridized carbons (Fsp3) is 0.429. The summed E-state index contributed by atoms with van der Waals surface area (Å²) in [5.41, 5.74) is 6.18. The van der Waals surface area contributed by atoms with Gasteiger partial charge in [-0.2, -0.15) is 5.10 Å². The van der Waals surface area contributed by atoms with Crippen molar-refractivity contribution in [2.45, 2.75) is 20.0 Å². The van der Waals surface area contributed by atoms with Crippen molar-refractivity contribution >= 4 is 5.97 Å². The maximum absolute atomic E-state index is 10.5. The molecular formula is C7H11N3O2. The van der Waals surface area contributed by atoms with Gasteiger partial charge < -0.3 is 10.8 Å². The van der Waals surface area contributed by atoms with Gasteiger partial charge in [0.15, 0.2) is 5.69 Å². The molecule has 0 radical (unpaired) electrons. The minimum absolute atomic E-state index is 0.0531. The van der Waals surface area contributed by atoms with Crippen LogP contribution in [0.2, 0.25) is 0 Å². The molecule has 0 aliphatic rings. The van der Waals surface area contributed by atoms with E-state index in [0.717, 1.165) is 5.69 Å². The van der Waals surface area contributed by atoms with Gasteiger partial charge in [-0.15, -0.1) is 0 Å². The van der Waals surface area contributed by atoms with Crippen LogP contribution in [0.5, 0.6) is 0 Å². The van der Waals surface area contributed by atoms with E-state index in [1.807, 2.05) is 6.92 Å². The van der Waals surface area contributed by atoms with E-state index in [9.17, 15) is 4.79 Å². The zero-order valence-electron chi connectivity index (χ0n) is 6.82. The molecule has 0 aliphatic heterocycles. The van der Waals surface area contributed by atoms with Crippen LogP contribution in [0, 0.1) is 0 Å². The smallest absolute Gasteiger partial charge is 0.356 e. The molecule has 3 N–H and O–H groups in total. The molecule has 0 fully saturated rings. The molecular weight excluding hydrogens is 158 g/mol. The molecule has 5 nitrogen and oxygen atoms in total. The maximum atomic E-state index is 10.5. The standard InChI is InChI=1S/C7H11N3O2/c1-2-10-5(4-8)3-6(9-10)7(11)12/h3H,2,4,8H2,1H3,(H,11,12). The molecule has 0 spiro atoms. The Bertz CT molecular complexity index is 271. The molecule has 1 aromatic rings. The minimum atomic E-state index is -1.02. The van der Waals surface area contributed by atoms with E-state index in [2.05, 4.69) is 5.10 Å². The number of carbonyl (C=O) groups is 1. The first-order valence-corrected chi connectivity index (χ1v) is 3.69. The van der Waals surface area contributed by atoms with E-state index >= 15 is 0 Å². The quantitative estimate of drug-likeness (QED) is 0.670. The highest BCUT2D eigenvalue weighted by Gasteiger charge is 2.10. The summed E-state index contributed by atoms with van der Waals surface area (Å²) < 4.78 is 1.59. The average Bonchev–Trinajstić information content (AvgIpc) is 2.46. The second-order valence-corrected chi connectivity index (χ2v) is 2.35. The van der Waals surface area contributed by atoms with Crippen LogP contribution >= 0.6 is 0 Å². The Morgan fingerprint density at radius 2 is 2.50 bits per heavy atom. The molecule has 0 bridgehead atoms. The van der Waals surface area contributed by atoms with Gasteiger partial charge in [0.05, 0.1) is 5.69 Å². The summed E-state index contributed by atoms with van der Waals surface area (Å²) in [7, 11) is 0. The molecule has 0 amide bonds. The maximum Gasteiger partial charge on any atom is 0.356 e. The van der Waals surface area contributed by atoms with E-state index < -0.39 is 5.97 Å². The number of aromatic carboxylic acids is 1. The number of rotatable bonds is 3. The van der Waals surface area contributed by atoms with Gasteiger partial charge in [0.2, 0.25) is 0 Å². The molecule has 1 aromatic heterocycles. The Hall–Kier alpha value is -1.36. The van der Waals surface area contributed by atoms with Crippen LogP contribution in [0.3, 0.4) is 0 Å². The number of aryl methyl sites for hydroxylation is 1. The van der Waals surface area contributed by atoms with Gasteiger partial charge in [-0.1, -0.05) is 0 Å². The number of nitrogens with zero attached hydrogens (tertiary/aromatic N) is 2. The van der Waals surface area contributed by atoms with Gasteiger partial charge in [0.1, 0.15) is 0 Å². The molecule has 1 rings (SSSR count). The Labute approximate surface area is 69.8 Å². The molecule has 0 atom stereocenters. The number of nitrogens with two attached hydrogens (primary N) is 1. The first-order chi connectivity index (χ1) is 5.69. The van der Waals surface area contributed by atoms with E-state index in [1.165, 1.54) is 6.07 Å². The van der Waals surface area contributed by atoms with Crippen molar-refractivity contribution in [1.82, 2.24) is 9.78 Å². The Morgan fingerprint density at radius 3 is 2.83 bits per heavy atom. The molecule has 0 aromatic carbocycles. The third kappa shape index (κ3) is 1.45. The third-order valence-electron chi connectivity index (χ3n) is 1.59. The number of carboxylic acids is 1. The van der Waals surface area contributed by atoms with Crippen LogP contribution in [0.1, 0.15) is 23.1 Å². The van der Waals surface area contributed by atoms with Gasteiger partial charge >= 0.3 is 5.97 Å². The van der Waals surface area contributed by atoms with Crippen LogP contribution in [0.25, 0.3) is 0 Å². The molecule has 0 aliphatic carbocycles. The van der Waals surface area contributed by atoms with Crippen molar-refractivity contribution in [2.24, 2.45) is 5.73 Å². The number of hydrogen-bond donors (Lipinski definition) is 2. The molecule has 0 saturated heterocycles. The van der Waals surface area contributed by atoms with Crippen LogP contribution in [0.15, 0.2) is 6.07 Å². The highest BCUT2D eigenvalue weighted by Crippen LogP contribution is 2.03. The van der Waals surface area contributed by atoms with Crippen molar-refractivity contribution in [3.8, 4) is 0 Å². The van der Waals surface area contributed by atoms with Crippen molar-refractivity contribution in [1.29, 1.82) is 0 Å². The van der Waals surface area contributed by atoms with Gasteiger partial charge in [0.25, 0.3) is 0 Å². The lowest BCUT2D eigenvalue weighted by Crippen LogP contribution is -2.07. The fourth-order valence-electron chi connectivity index (χ4n) is 0.998. The Morgan fingerprint density at radius 1 is 1.83 bits per heavy atom. The van der Waals surface area contributed by atoms with E-state index in [-0.39, 0.29) is 5.69 Å². The summed E-state index contributed by atoms with van der Waals surface area (Å²) in [5.74, 6) is -1.02. The summed E-state index contributed by atoms with van der Waals surface area (Å²) in [5, 5.41) is 12.4. The zero-order valence-corrected chi connectivity index (χ0v) is 6.82. The Balaban J connectivity index is 3.05. The number of carboxylic acid groups (broad SMARTS) is 1. The predicted molar refractivity (Wildman–Crippen MR) is 42.8 cm³/mol. The van der Waals surface area contributed by atoms with Crippen LogP contribution in [-0.2, 0) is 13.1 Å². The lowest BCUT2D eigenvalue weighted by molar-refractivity contribution is 0.0689. The van der Waals surface area contributed by atoms with Crippen molar-refractivity contribution in [3.63, 3.8) is 0 Å². The molecule has 0 unspecified atom stereocenters. The monoisotopic (exact) mass is 169 g/mol. The zero-order chi connectivity index (χ0) is 9.14. The number of aromatic nitrogens is 2. The highest BCUT2D eigenvalue weighted by atomic mass is 16.4. The van der Waals surface area contributed by atoms with Gasteiger partial charge in [0, 0.05) is 13.1 Å². The topological polar surface area (TPSA) is 81.1 Å². The summed E-state index contributed by atoms with van der Waals surface area (Å²) >= 11 is 0. The molecule has 12 heavy (non-hydrogen) atoms.